The summed E-state index contributed by atoms with van der Waals surface area (Å²) in [5.74, 6) is 0. The van der Waals surface area contributed by atoms with Crippen LogP contribution in [-0.4, -0.2) is 62.1 Å². The molecule has 0 saturated carbocycles. The number of nitrogens with one attached hydrogen (secondary N) is 1. The number of nitrogens with zero attached hydrogens (tertiary/aromatic N) is 3. The molecule has 23 heavy (non-hydrogen) atoms. The van der Waals surface area contributed by atoms with Crippen molar-refractivity contribution in [2.45, 2.75) is 25.3 Å². The molecule has 5 nitrogen and oxygen atoms in total. The van der Waals surface area contributed by atoms with Gasteiger partial charge in [0.2, 0.25) is 0 Å². The van der Waals surface area contributed by atoms with E-state index in [-0.39, 0.29) is 6.03 Å². The highest BCUT2D eigenvalue weighted by Gasteiger charge is 2.31. The van der Waals surface area contributed by atoms with Crippen LogP contribution in [0.2, 0.25) is 5.02 Å². The van der Waals surface area contributed by atoms with Gasteiger partial charge in [-0.1, -0.05) is 11.6 Å². The van der Waals surface area contributed by atoms with Crippen LogP contribution in [0, 0.1) is 0 Å². The molecule has 2 amide bonds. The Morgan fingerprint density at radius 2 is 2.00 bits per heavy atom. The van der Waals surface area contributed by atoms with Crippen molar-refractivity contribution in [1.29, 1.82) is 0 Å². The maximum Gasteiger partial charge on any atom is 0.321 e. The zero-order valence-corrected chi connectivity index (χ0v) is 14.6. The number of hydrogen-bond acceptors (Lipinski definition) is 3. The summed E-state index contributed by atoms with van der Waals surface area (Å²) in [6.07, 6.45) is 3.66. The first-order valence-electron chi connectivity index (χ1n) is 8.31. The van der Waals surface area contributed by atoms with Gasteiger partial charge in [-0.15, -0.1) is 0 Å². The summed E-state index contributed by atoms with van der Waals surface area (Å²) in [7, 11) is 3.89. The Morgan fingerprint density at radius 3 is 2.65 bits per heavy atom. The van der Waals surface area contributed by atoms with Crippen LogP contribution in [0.5, 0.6) is 0 Å². The average Bonchev–Trinajstić information content (AvgIpc) is 3.18. The summed E-state index contributed by atoms with van der Waals surface area (Å²) >= 11 is 6.26. The van der Waals surface area contributed by atoms with Gasteiger partial charge >= 0.3 is 6.03 Å². The summed E-state index contributed by atoms with van der Waals surface area (Å²) in [6.45, 7) is 4.02. The lowest BCUT2D eigenvalue weighted by molar-refractivity contribution is 0.210. The van der Waals surface area contributed by atoms with Crippen molar-refractivity contribution in [3.63, 3.8) is 0 Å². The minimum atomic E-state index is -0.0274. The SMILES string of the molecule is CN(C)c1ccc(NC(=O)N2CC[C@@H](N3CCCC3)C2)cc1Cl. The van der Waals surface area contributed by atoms with E-state index in [0.29, 0.717) is 11.1 Å². The largest absolute Gasteiger partial charge is 0.376 e. The van der Waals surface area contributed by atoms with Crippen LogP contribution in [-0.2, 0) is 0 Å². The van der Waals surface area contributed by atoms with Crippen molar-refractivity contribution >= 4 is 29.0 Å². The van der Waals surface area contributed by atoms with Crippen molar-refractivity contribution in [2.75, 3.05) is 50.5 Å². The van der Waals surface area contributed by atoms with E-state index in [0.717, 1.165) is 30.9 Å². The summed E-state index contributed by atoms with van der Waals surface area (Å²) in [4.78, 5) is 18.8. The number of urea groups is 1. The molecule has 2 aliphatic rings. The normalized spacial score (nSPS) is 21.7. The molecule has 2 aliphatic heterocycles. The Kier molecular flexibility index (Phi) is 4.97. The van der Waals surface area contributed by atoms with Crippen LogP contribution in [0.15, 0.2) is 18.2 Å². The smallest absolute Gasteiger partial charge is 0.321 e. The zero-order valence-electron chi connectivity index (χ0n) is 13.9. The molecule has 1 atom stereocenters. The lowest BCUT2D eigenvalue weighted by Gasteiger charge is -2.24. The first kappa shape index (κ1) is 16.4. The van der Waals surface area contributed by atoms with Gasteiger partial charge in [0.1, 0.15) is 0 Å². The maximum absolute atomic E-state index is 12.4. The Labute approximate surface area is 143 Å². The maximum atomic E-state index is 12.4. The highest BCUT2D eigenvalue weighted by molar-refractivity contribution is 6.33. The van der Waals surface area contributed by atoms with Gasteiger partial charge in [-0.25, -0.2) is 4.79 Å². The van der Waals surface area contributed by atoms with Crippen molar-refractivity contribution in [1.82, 2.24) is 9.80 Å². The minimum absolute atomic E-state index is 0.0274. The molecule has 126 valence electrons. The number of likely N-dealkylation sites (tertiary alicyclic amines) is 2. The zero-order chi connectivity index (χ0) is 16.4. The van der Waals surface area contributed by atoms with Gasteiger partial charge in [0, 0.05) is 38.9 Å². The molecular formula is C17H25ClN4O. The molecule has 0 radical (unpaired) electrons. The highest BCUT2D eigenvalue weighted by Crippen LogP contribution is 2.28. The standard InChI is InChI=1S/C17H25ClN4O/c1-20(2)16-6-5-13(11-15(16)18)19-17(23)22-10-7-14(12-22)21-8-3-4-9-21/h5-6,11,14H,3-4,7-10,12H2,1-2H3,(H,19,23)/t14-/m1/s1. The fourth-order valence-electron chi connectivity index (χ4n) is 3.48. The predicted octanol–water partition coefficient (Wildman–Crippen LogP) is 3.11. The van der Waals surface area contributed by atoms with Gasteiger partial charge in [-0.05, 0) is 50.6 Å². The molecule has 3 rings (SSSR count). The van der Waals surface area contributed by atoms with Crippen molar-refractivity contribution < 1.29 is 4.79 Å². The van der Waals surface area contributed by atoms with Crippen LogP contribution in [0.25, 0.3) is 0 Å². The van der Waals surface area contributed by atoms with Gasteiger partial charge in [0.05, 0.1) is 10.7 Å². The molecule has 2 saturated heterocycles. The Bertz CT molecular complexity index is 572. The minimum Gasteiger partial charge on any atom is -0.376 e. The van der Waals surface area contributed by atoms with E-state index < -0.39 is 0 Å². The molecule has 0 aliphatic carbocycles. The van der Waals surface area contributed by atoms with E-state index in [1.165, 1.54) is 25.9 Å². The lowest BCUT2D eigenvalue weighted by atomic mass is 10.2. The Morgan fingerprint density at radius 1 is 1.26 bits per heavy atom. The first-order valence-corrected chi connectivity index (χ1v) is 8.69. The monoisotopic (exact) mass is 336 g/mol. The number of carbonyl (C=O) groups excluding carboxylic acids is 1. The second kappa shape index (κ2) is 6.97. The van der Waals surface area contributed by atoms with Gasteiger partial charge in [-0.3, -0.25) is 4.90 Å². The molecule has 2 heterocycles. The molecule has 1 N–H and O–H groups in total. The molecule has 0 aromatic heterocycles. The van der Waals surface area contributed by atoms with Crippen molar-refractivity contribution in [3.05, 3.63) is 23.2 Å². The number of anilines is 2. The molecule has 1 aromatic carbocycles. The quantitative estimate of drug-likeness (QED) is 0.921. The predicted molar refractivity (Wildman–Crippen MR) is 95.6 cm³/mol. The van der Waals surface area contributed by atoms with E-state index in [1.54, 1.807) is 0 Å². The second-order valence-electron chi connectivity index (χ2n) is 6.62. The number of carbonyl (C=O) groups is 1. The summed E-state index contributed by atoms with van der Waals surface area (Å²) < 4.78 is 0. The van der Waals surface area contributed by atoms with Crippen molar-refractivity contribution in [3.8, 4) is 0 Å². The highest BCUT2D eigenvalue weighted by atomic mass is 35.5. The number of hydrogen-bond donors (Lipinski definition) is 1. The van der Waals surface area contributed by atoms with E-state index in [4.69, 9.17) is 11.6 Å². The lowest BCUT2D eigenvalue weighted by Crippen LogP contribution is -2.38. The van der Waals surface area contributed by atoms with E-state index in [9.17, 15) is 4.79 Å². The van der Waals surface area contributed by atoms with Crippen LogP contribution in [0.3, 0.4) is 0 Å². The van der Waals surface area contributed by atoms with Crippen LogP contribution in [0.1, 0.15) is 19.3 Å². The van der Waals surface area contributed by atoms with Crippen LogP contribution < -0.4 is 10.2 Å². The van der Waals surface area contributed by atoms with Gasteiger partial charge in [0.15, 0.2) is 0 Å². The van der Waals surface area contributed by atoms with Gasteiger partial charge in [-0.2, -0.15) is 0 Å². The second-order valence-corrected chi connectivity index (χ2v) is 7.03. The molecule has 0 unspecified atom stereocenters. The molecule has 1 aromatic rings. The van der Waals surface area contributed by atoms with Crippen molar-refractivity contribution in [2.24, 2.45) is 0 Å². The molecular weight excluding hydrogens is 312 g/mol. The molecule has 2 fully saturated rings. The third-order valence-corrected chi connectivity index (χ3v) is 5.09. The van der Waals surface area contributed by atoms with E-state index in [1.807, 2.05) is 42.1 Å². The fourth-order valence-corrected chi connectivity index (χ4v) is 3.83. The summed E-state index contributed by atoms with van der Waals surface area (Å²) in [6, 6.07) is 6.13. The Hall–Kier alpha value is -1.46. The summed E-state index contributed by atoms with van der Waals surface area (Å²) in [5.41, 5.74) is 1.69. The third kappa shape index (κ3) is 3.72. The Balaban J connectivity index is 1.58. The number of benzene rings is 1. The van der Waals surface area contributed by atoms with E-state index in [2.05, 4.69) is 10.2 Å². The van der Waals surface area contributed by atoms with Crippen LogP contribution >= 0.6 is 11.6 Å². The summed E-state index contributed by atoms with van der Waals surface area (Å²) in [5, 5.41) is 3.61. The van der Waals surface area contributed by atoms with Crippen LogP contribution in [0.4, 0.5) is 16.2 Å². The topological polar surface area (TPSA) is 38.8 Å². The number of amides is 2. The molecule has 6 heteroatoms. The third-order valence-electron chi connectivity index (χ3n) is 4.79. The fraction of sp³-hybridized carbons (Fsp3) is 0.588. The molecule has 0 spiro atoms. The van der Waals surface area contributed by atoms with Gasteiger partial charge < -0.3 is 15.1 Å². The van der Waals surface area contributed by atoms with Gasteiger partial charge in [0.25, 0.3) is 0 Å². The van der Waals surface area contributed by atoms with E-state index >= 15 is 0 Å². The number of rotatable bonds is 3. The first-order chi connectivity index (χ1) is 11.0. The molecule has 0 bridgehead atoms. The average molecular weight is 337 g/mol. The number of halogens is 1.